The molecule has 0 aliphatic rings. The average molecular weight is 265 g/mol. The molecule has 3 nitrogen and oxygen atoms in total. The Balaban J connectivity index is 2.17. The third-order valence-electron chi connectivity index (χ3n) is 3.13. The Morgan fingerprint density at radius 3 is 2.42 bits per heavy atom. The smallest absolute Gasteiger partial charge is 0.119 e. The molecular weight excluding hydrogens is 238 g/mol. The predicted octanol–water partition coefficient (Wildman–Crippen LogP) is 2.90. The van der Waals surface area contributed by atoms with E-state index >= 15 is 0 Å². The van der Waals surface area contributed by atoms with E-state index in [4.69, 9.17) is 15.6 Å². The highest BCUT2D eigenvalue weighted by molar-refractivity contribution is 5.27. The van der Waals surface area contributed by atoms with Crippen LogP contribution >= 0.6 is 0 Å². The highest BCUT2D eigenvalue weighted by Crippen LogP contribution is 2.14. The number of ether oxygens (including phenoxy) is 1. The average Bonchev–Trinajstić information content (AvgIpc) is 2.41. The van der Waals surface area contributed by atoms with Gasteiger partial charge in [0, 0.05) is 12.6 Å². The fourth-order valence-corrected chi connectivity index (χ4v) is 1.90. The fourth-order valence-electron chi connectivity index (χ4n) is 1.90. The van der Waals surface area contributed by atoms with Gasteiger partial charge < -0.3 is 15.6 Å². The number of unbranched alkanes of at least 4 members (excludes halogenated alkanes) is 3. The number of nitrogens with two attached hydrogens (primary N) is 1. The lowest BCUT2D eigenvalue weighted by atomic mass is 10.1. The summed E-state index contributed by atoms with van der Waals surface area (Å²) in [4.78, 5) is 0. The largest absolute Gasteiger partial charge is 0.494 e. The quantitative estimate of drug-likeness (QED) is 0.640. The summed E-state index contributed by atoms with van der Waals surface area (Å²) in [6.45, 7) is 3.09. The van der Waals surface area contributed by atoms with Gasteiger partial charge >= 0.3 is 0 Å². The Kier molecular flexibility index (Phi) is 8.26. The molecule has 3 heteroatoms. The van der Waals surface area contributed by atoms with Gasteiger partial charge in [0.1, 0.15) is 5.75 Å². The van der Waals surface area contributed by atoms with Gasteiger partial charge in [-0.2, -0.15) is 0 Å². The molecule has 108 valence electrons. The van der Waals surface area contributed by atoms with Crippen molar-refractivity contribution in [1.29, 1.82) is 0 Å². The molecule has 19 heavy (non-hydrogen) atoms. The van der Waals surface area contributed by atoms with Crippen molar-refractivity contribution >= 4 is 0 Å². The highest BCUT2D eigenvalue weighted by Gasteiger charge is 1.98. The molecule has 0 spiro atoms. The topological polar surface area (TPSA) is 55.5 Å². The van der Waals surface area contributed by atoms with Crippen molar-refractivity contribution in [3.63, 3.8) is 0 Å². The maximum Gasteiger partial charge on any atom is 0.119 e. The molecule has 1 rings (SSSR count). The first-order valence-corrected chi connectivity index (χ1v) is 7.30. The zero-order valence-corrected chi connectivity index (χ0v) is 12.0. The van der Waals surface area contributed by atoms with Gasteiger partial charge in [0.2, 0.25) is 0 Å². The fraction of sp³-hybridized carbons (Fsp3) is 0.625. The van der Waals surface area contributed by atoms with Crippen LogP contribution in [0.25, 0.3) is 0 Å². The Bertz CT molecular complexity index is 322. The molecule has 0 bridgehead atoms. The van der Waals surface area contributed by atoms with Gasteiger partial charge in [0.05, 0.1) is 6.61 Å². The van der Waals surface area contributed by atoms with E-state index in [0.29, 0.717) is 6.61 Å². The van der Waals surface area contributed by atoms with Crippen LogP contribution in [0.4, 0.5) is 0 Å². The Labute approximate surface area is 116 Å². The lowest BCUT2D eigenvalue weighted by molar-refractivity contribution is 0.273. The molecular formula is C16H27NO2. The predicted molar refractivity (Wildman–Crippen MR) is 79.5 cm³/mol. The molecule has 1 atom stereocenters. The van der Waals surface area contributed by atoms with Crippen LogP contribution in [0, 0.1) is 0 Å². The molecule has 0 radical (unpaired) electrons. The van der Waals surface area contributed by atoms with Crippen molar-refractivity contribution in [3.05, 3.63) is 29.8 Å². The first-order chi connectivity index (χ1) is 9.22. The molecule has 0 fully saturated rings. The van der Waals surface area contributed by atoms with Gasteiger partial charge in [-0.1, -0.05) is 18.6 Å². The van der Waals surface area contributed by atoms with Crippen LogP contribution in [0.1, 0.15) is 44.6 Å². The van der Waals surface area contributed by atoms with Gasteiger partial charge in [-0.3, -0.25) is 0 Å². The van der Waals surface area contributed by atoms with Crippen LogP contribution in [0.3, 0.4) is 0 Å². The third kappa shape index (κ3) is 7.85. The van der Waals surface area contributed by atoms with E-state index in [1.165, 1.54) is 5.56 Å². The van der Waals surface area contributed by atoms with Crippen molar-refractivity contribution < 1.29 is 9.84 Å². The van der Waals surface area contributed by atoms with Crippen molar-refractivity contribution in [2.45, 2.75) is 51.5 Å². The van der Waals surface area contributed by atoms with Crippen molar-refractivity contribution in [3.8, 4) is 5.75 Å². The van der Waals surface area contributed by atoms with Gasteiger partial charge in [0.15, 0.2) is 0 Å². The van der Waals surface area contributed by atoms with Crippen LogP contribution in [0.5, 0.6) is 5.75 Å². The summed E-state index contributed by atoms with van der Waals surface area (Å²) in [6, 6.07) is 8.55. The summed E-state index contributed by atoms with van der Waals surface area (Å²) in [5.41, 5.74) is 7.06. The molecule has 0 amide bonds. The number of hydrogen-bond acceptors (Lipinski definition) is 3. The Hall–Kier alpha value is -1.06. The zero-order chi connectivity index (χ0) is 13.9. The zero-order valence-electron chi connectivity index (χ0n) is 12.0. The number of benzene rings is 1. The van der Waals surface area contributed by atoms with E-state index < -0.39 is 0 Å². The van der Waals surface area contributed by atoms with Crippen molar-refractivity contribution in [2.24, 2.45) is 5.73 Å². The van der Waals surface area contributed by atoms with Crippen LogP contribution in [-0.4, -0.2) is 24.4 Å². The molecule has 0 aliphatic heterocycles. The van der Waals surface area contributed by atoms with Gasteiger partial charge in [-0.05, 0) is 56.7 Å². The van der Waals surface area contributed by atoms with Crippen LogP contribution in [0.15, 0.2) is 24.3 Å². The molecule has 1 aromatic carbocycles. The number of hydrogen-bond donors (Lipinski definition) is 2. The molecule has 3 N–H and O–H groups in total. The van der Waals surface area contributed by atoms with Gasteiger partial charge in [-0.15, -0.1) is 0 Å². The molecule has 0 aliphatic carbocycles. The maximum atomic E-state index is 8.67. The van der Waals surface area contributed by atoms with Crippen molar-refractivity contribution in [2.75, 3.05) is 13.2 Å². The number of aliphatic hydroxyl groups excluding tert-OH is 1. The summed E-state index contributed by atoms with van der Waals surface area (Å²) in [5.74, 6) is 0.937. The van der Waals surface area contributed by atoms with E-state index in [0.717, 1.165) is 50.9 Å². The second-order valence-corrected chi connectivity index (χ2v) is 5.15. The highest BCUT2D eigenvalue weighted by atomic mass is 16.5. The number of aliphatic hydroxyl groups is 1. The number of aryl methyl sites for hydroxylation is 1. The normalized spacial score (nSPS) is 12.4. The molecule has 1 aromatic rings. The molecule has 0 saturated carbocycles. The molecule has 1 unspecified atom stereocenters. The van der Waals surface area contributed by atoms with Gasteiger partial charge in [0.25, 0.3) is 0 Å². The van der Waals surface area contributed by atoms with E-state index in [-0.39, 0.29) is 6.04 Å². The van der Waals surface area contributed by atoms with Crippen LogP contribution in [0.2, 0.25) is 0 Å². The summed E-state index contributed by atoms with van der Waals surface area (Å²) in [7, 11) is 0. The Morgan fingerprint density at radius 2 is 1.79 bits per heavy atom. The molecule has 0 aromatic heterocycles. The van der Waals surface area contributed by atoms with Crippen LogP contribution in [-0.2, 0) is 6.42 Å². The standard InChI is InChI=1S/C16H27NO2/c1-14(17)6-7-15-8-10-16(11-9-15)19-13-5-3-2-4-12-18/h8-11,14,18H,2-7,12-13,17H2,1H3. The van der Waals surface area contributed by atoms with E-state index in [2.05, 4.69) is 12.1 Å². The monoisotopic (exact) mass is 265 g/mol. The summed E-state index contributed by atoms with van der Waals surface area (Å²) >= 11 is 0. The van der Waals surface area contributed by atoms with E-state index in [1.54, 1.807) is 0 Å². The second-order valence-electron chi connectivity index (χ2n) is 5.15. The second kappa shape index (κ2) is 9.82. The maximum absolute atomic E-state index is 8.67. The third-order valence-corrected chi connectivity index (χ3v) is 3.13. The summed E-state index contributed by atoms with van der Waals surface area (Å²) in [5, 5.41) is 8.67. The molecule has 0 heterocycles. The first kappa shape index (κ1) is 16.0. The first-order valence-electron chi connectivity index (χ1n) is 7.30. The lowest BCUT2D eigenvalue weighted by Gasteiger charge is -2.08. The number of rotatable bonds is 10. The minimum Gasteiger partial charge on any atom is -0.494 e. The minimum absolute atomic E-state index is 0.259. The minimum atomic E-state index is 0.259. The van der Waals surface area contributed by atoms with Crippen LogP contribution < -0.4 is 10.5 Å². The van der Waals surface area contributed by atoms with E-state index in [9.17, 15) is 0 Å². The Morgan fingerprint density at radius 1 is 1.11 bits per heavy atom. The van der Waals surface area contributed by atoms with Gasteiger partial charge in [-0.25, -0.2) is 0 Å². The summed E-state index contributed by atoms with van der Waals surface area (Å²) < 4.78 is 5.68. The molecule has 0 saturated heterocycles. The lowest BCUT2D eigenvalue weighted by Crippen LogP contribution is -2.15. The van der Waals surface area contributed by atoms with Crippen molar-refractivity contribution in [1.82, 2.24) is 0 Å². The van der Waals surface area contributed by atoms with E-state index in [1.807, 2.05) is 19.1 Å². The summed E-state index contributed by atoms with van der Waals surface area (Å²) in [6.07, 6.45) is 6.19. The SMILES string of the molecule is CC(N)CCc1ccc(OCCCCCCO)cc1.